The number of carbonyl (C=O) groups is 1. The molecule has 8 nitrogen and oxygen atoms in total. The van der Waals surface area contributed by atoms with Gasteiger partial charge in [-0.3, -0.25) is 4.79 Å². The van der Waals surface area contributed by atoms with Gasteiger partial charge in [0.25, 0.3) is 0 Å². The van der Waals surface area contributed by atoms with Gasteiger partial charge < -0.3 is 31.5 Å². The highest BCUT2D eigenvalue weighted by Crippen LogP contribution is 2.28. The Balaban J connectivity index is 1.23. The molecule has 5 N–H and O–H groups in total. The van der Waals surface area contributed by atoms with Crippen molar-refractivity contribution in [3.05, 3.63) is 84.8 Å². The number of anilines is 3. The molecule has 0 spiro atoms. The molecule has 2 aliphatic heterocycles. The van der Waals surface area contributed by atoms with E-state index < -0.39 is 0 Å². The van der Waals surface area contributed by atoms with Gasteiger partial charge in [0.05, 0.1) is 6.04 Å². The van der Waals surface area contributed by atoms with Crippen LogP contribution in [0.4, 0.5) is 17.1 Å². The number of aliphatic imine (C=N–C) groups is 1. The third-order valence-electron chi connectivity index (χ3n) is 7.40. The molecule has 212 valence electrons. The lowest BCUT2D eigenvalue weighted by Gasteiger charge is -2.41. The monoisotopic (exact) mass is 541 g/mol. The van der Waals surface area contributed by atoms with E-state index in [2.05, 4.69) is 76.8 Å². The minimum Gasteiger partial charge on any atom is -0.398 e. The highest BCUT2D eigenvalue weighted by Gasteiger charge is 2.25. The van der Waals surface area contributed by atoms with Crippen LogP contribution in [0.15, 0.2) is 84.3 Å². The van der Waals surface area contributed by atoms with E-state index in [9.17, 15) is 4.79 Å². The van der Waals surface area contributed by atoms with Crippen molar-refractivity contribution in [1.29, 1.82) is 0 Å². The van der Waals surface area contributed by atoms with Crippen molar-refractivity contribution in [3.63, 3.8) is 0 Å². The summed E-state index contributed by atoms with van der Waals surface area (Å²) in [5.74, 6) is 0.521. The normalized spacial score (nSPS) is 18.2. The molecule has 0 bridgehead atoms. The highest BCUT2D eigenvalue weighted by atomic mass is 16.2. The number of piperazine rings is 1. The molecule has 0 radical (unpaired) electrons. The maximum atomic E-state index is 12.3. The Morgan fingerprint density at radius 3 is 2.23 bits per heavy atom. The zero-order valence-electron chi connectivity index (χ0n) is 24.0. The van der Waals surface area contributed by atoms with Crippen LogP contribution in [0.2, 0.25) is 0 Å². The minimum absolute atomic E-state index is 0.00241. The number of hydrogen-bond acceptors (Lipinski definition) is 7. The van der Waals surface area contributed by atoms with Crippen molar-refractivity contribution in [2.75, 3.05) is 48.3 Å². The highest BCUT2D eigenvalue weighted by molar-refractivity contribution is 5.95. The molecule has 1 atom stereocenters. The van der Waals surface area contributed by atoms with Crippen molar-refractivity contribution in [2.45, 2.75) is 39.7 Å². The van der Waals surface area contributed by atoms with Gasteiger partial charge in [-0.2, -0.15) is 0 Å². The zero-order valence-corrected chi connectivity index (χ0v) is 24.0. The molecule has 2 aromatic carbocycles. The molecular formula is C32H43N7O. The Morgan fingerprint density at radius 2 is 1.62 bits per heavy atom. The van der Waals surface area contributed by atoms with Crippen LogP contribution in [0, 0.1) is 5.41 Å². The first-order valence-electron chi connectivity index (χ1n) is 14.0. The number of allylic oxidation sites excluding steroid dienone is 2. The molecule has 1 amide bonds. The van der Waals surface area contributed by atoms with Gasteiger partial charge in [-0.1, -0.05) is 46.1 Å². The Bertz CT molecular complexity index is 1240. The van der Waals surface area contributed by atoms with Gasteiger partial charge in [-0.25, -0.2) is 4.99 Å². The fourth-order valence-electron chi connectivity index (χ4n) is 4.85. The topological polar surface area (TPSA) is 98.0 Å². The van der Waals surface area contributed by atoms with Crippen molar-refractivity contribution in [1.82, 2.24) is 10.2 Å². The summed E-state index contributed by atoms with van der Waals surface area (Å²) in [5.41, 5.74) is 11.8. The number of rotatable bonds is 9. The number of nitrogens with one attached hydrogen (secondary N) is 3. The van der Waals surface area contributed by atoms with Crippen LogP contribution in [-0.4, -0.2) is 55.8 Å². The van der Waals surface area contributed by atoms with Crippen molar-refractivity contribution in [3.8, 4) is 0 Å². The van der Waals surface area contributed by atoms with Crippen LogP contribution in [-0.2, 0) is 4.79 Å². The van der Waals surface area contributed by atoms with Crippen LogP contribution < -0.4 is 26.6 Å². The summed E-state index contributed by atoms with van der Waals surface area (Å²) in [4.78, 5) is 21.4. The van der Waals surface area contributed by atoms with E-state index >= 15 is 0 Å². The molecule has 2 aliphatic rings. The van der Waals surface area contributed by atoms with Crippen molar-refractivity contribution < 1.29 is 4.79 Å². The summed E-state index contributed by atoms with van der Waals surface area (Å²) in [5, 5.41) is 9.38. The predicted octanol–water partition coefficient (Wildman–Crippen LogP) is 5.01. The first kappa shape index (κ1) is 29.0. The second-order valence-corrected chi connectivity index (χ2v) is 11.4. The second-order valence-electron chi connectivity index (χ2n) is 11.4. The summed E-state index contributed by atoms with van der Waals surface area (Å²) >= 11 is 0. The molecule has 2 saturated heterocycles. The van der Waals surface area contributed by atoms with Crippen LogP contribution >= 0.6 is 0 Å². The van der Waals surface area contributed by atoms with Crippen molar-refractivity contribution in [2.24, 2.45) is 16.1 Å². The van der Waals surface area contributed by atoms with Gasteiger partial charge >= 0.3 is 0 Å². The molecular weight excluding hydrogens is 498 g/mol. The fraction of sp³-hybridized carbons (Fsp3) is 0.375. The lowest BCUT2D eigenvalue weighted by molar-refractivity contribution is -0.117. The molecule has 4 rings (SSSR count). The predicted molar refractivity (Wildman–Crippen MR) is 168 cm³/mol. The Morgan fingerprint density at radius 1 is 1.00 bits per heavy atom. The van der Waals surface area contributed by atoms with E-state index in [-0.39, 0.29) is 17.4 Å². The lowest BCUT2D eigenvalue weighted by atomic mass is 9.91. The molecule has 0 aromatic heterocycles. The maximum Gasteiger partial charge on any atom is 0.241 e. The van der Waals surface area contributed by atoms with Gasteiger partial charge in [0, 0.05) is 66.3 Å². The number of nitrogens with two attached hydrogens (primary N) is 1. The van der Waals surface area contributed by atoms with E-state index in [1.165, 1.54) is 11.4 Å². The van der Waals surface area contributed by atoms with Crippen LogP contribution in [0.5, 0.6) is 0 Å². The number of hydrogen-bond donors (Lipinski definition) is 4. The third kappa shape index (κ3) is 7.76. The molecule has 8 heteroatoms. The fourth-order valence-corrected chi connectivity index (χ4v) is 4.85. The third-order valence-corrected chi connectivity index (χ3v) is 7.40. The first-order chi connectivity index (χ1) is 19.1. The number of benzene rings is 2. The quantitative estimate of drug-likeness (QED) is 0.333. The summed E-state index contributed by atoms with van der Waals surface area (Å²) in [6.07, 6.45) is 5.27. The summed E-state index contributed by atoms with van der Waals surface area (Å²) < 4.78 is 0. The summed E-state index contributed by atoms with van der Waals surface area (Å²) in [6.45, 7) is 19.8. The molecule has 2 aromatic rings. The van der Waals surface area contributed by atoms with E-state index in [1.807, 2.05) is 36.4 Å². The summed E-state index contributed by atoms with van der Waals surface area (Å²) in [7, 11) is 0. The summed E-state index contributed by atoms with van der Waals surface area (Å²) in [6, 6.07) is 15.7. The first-order valence-corrected chi connectivity index (χ1v) is 14.0. The largest absolute Gasteiger partial charge is 0.398 e. The van der Waals surface area contributed by atoms with Crippen LogP contribution in [0.3, 0.4) is 0 Å². The average molecular weight is 542 g/mol. The van der Waals surface area contributed by atoms with Gasteiger partial charge in [0.1, 0.15) is 5.82 Å². The van der Waals surface area contributed by atoms with E-state index in [4.69, 9.17) is 5.73 Å². The van der Waals surface area contributed by atoms with Crippen LogP contribution in [0.1, 0.15) is 39.2 Å². The van der Waals surface area contributed by atoms with Crippen LogP contribution in [0.25, 0.3) is 5.70 Å². The number of amides is 1. The van der Waals surface area contributed by atoms with E-state index in [1.54, 1.807) is 12.3 Å². The molecule has 40 heavy (non-hydrogen) atoms. The Labute approximate surface area is 238 Å². The van der Waals surface area contributed by atoms with Gasteiger partial charge in [-0.05, 0) is 67.4 Å². The minimum atomic E-state index is -0.110. The average Bonchev–Trinajstić information content (AvgIpc) is 3.48. The molecule has 2 heterocycles. The molecule has 0 saturated carbocycles. The van der Waals surface area contributed by atoms with E-state index in [0.29, 0.717) is 11.5 Å². The maximum absolute atomic E-state index is 12.3. The smallest absolute Gasteiger partial charge is 0.241 e. The molecule has 2 fully saturated rings. The number of carbonyl (C=O) groups excluding carboxylic acids is 1. The van der Waals surface area contributed by atoms with Gasteiger partial charge in [0.15, 0.2) is 0 Å². The SMILES string of the molecule is C=C(/N=C\C=C(/N)c1ccc(NC(=O)[C@H]2CCCN2)cc1)Nc1ccc(N2CCN(C(=C)C(C)(C)C)CC2)cc1. The zero-order chi connectivity index (χ0) is 28.7. The second kappa shape index (κ2) is 12.9. The Hall–Kier alpha value is -4.04. The van der Waals surface area contributed by atoms with Crippen molar-refractivity contribution >= 4 is 34.9 Å². The van der Waals surface area contributed by atoms with E-state index in [0.717, 1.165) is 62.5 Å². The standard InChI is InChI=1S/C32H43N7O/c1-23(32(3,4)5)38-19-21-39(22-20-38)28-14-12-26(13-15-28)36-24(2)34-18-16-29(33)25-8-10-27(11-9-25)37-31(40)30-7-6-17-35-30/h8-16,18,30,35-36H,1-2,6-7,17,19-22,33H2,3-5H3,(H,37,40)/b29-16-,34-18-/t30-/m1/s1. The Kier molecular flexibility index (Phi) is 9.32. The van der Waals surface area contributed by atoms with Gasteiger partial charge in [0.2, 0.25) is 5.91 Å². The van der Waals surface area contributed by atoms with Gasteiger partial charge in [-0.15, -0.1) is 0 Å². The molecule has 0 unspecified atom stereocenters. The number of nitrogens with zero attached hydrogens (tertiary/aromatic N) is 3. The molecule has 0 aliphatic carbocycles. The lowest BCUT2D eigenvalue weighted by Crippen LogP contribution is -2.47.